The molecule has 1 fully saturated rings. The Morgan fingerprint density at radius 1 is 1.37 bits per heavy atom. The standard InChI is InChI=1S/C19H20BrF2N3O2/c20-14-5-6-16(27-19(21)22)13(11-14)4-7-18(26)24-15-8-10-25(12-15)17-3-1-2-9-23-17/h1-3,5-6,9,11,15,19H,4,7-8,10,12H2,(H,24,26)/t15-/m1/s1. The Labute approximate surface area is 164 Å². The van der Waals surface area contributed by atoms with Crippen LogP contribution in [-0.2, 0) is 11.2 Å². The molecule has 0 unspecified atom stereocenters. The van der Waals surface area contributed by atoms with E-state index in [1.807, 2.05) is 18.2 Å². The van der Waals surface area contributed by atoms with Gasteiger partial charge in [-0.25, -0.2) is 4.98 Å². The Bertz CT molecular complexity index is 777. The van der Waals surface area contributed by atoms with Gasteiger partial charge >= 0.3 is 6.61 Å². The van der Waals surface area contributed by atoms with Gasteiger partial charge in [-0.3, -0.25) is 4.79 Å². The number of pyridine rings is 1. The predicted molar refractivity (Wildman–Crippen MR) is 102 cm³/mol. The van der Waals surface area contributed by atoms with Crippen LogP contribution in [0.25, 0.3) is 0 Å². The minimum atomic E-state index is -2.89. The molecule has 27 heavy (non-hydrogen) atoms. The molecule has 1 aliphatic rings. The van der Waals surface area contributed by atoms with E-state index in [2.05, 4.69) is 35.9 Å². The van der Waals surface area contributed by atoms with Crippen molar-refractivity contribution in [3.8, 4) is 5.75 Å². The highest BCUT2D eigenvalue weighted by atomic mass is 79.9. The van der Waals surface area contributed by atoms with E-state index >= 15 is 0 Å². The average molecular weight is 440 g/mol. The summed E-state index contributed by atoms with van der Waals surface area (Å²) in [7, 11) is 0. The number of carbonyl (C=O) groups is 1. The summed E-state index contributed by atoms with van der Waals surface area (Å²) in [5.74, 6) is 0.895. The third kappa shape index (κ3) is 5.63. The number of aryl methyl sites for hydroxylation is 1. The molecule has 1 saturated heterocycles. The van der Waals surface area contributed by atoms with Crippen LogP contribution in [0.1, 0.15) is 18.4 Å². The number of amides is 1. The number of nitrogens with one attached hydrogen (secondary N) is 1. The van der Waals surface area contributed by atoms with E-state index in [-0.39, 0.29) is 24.1 Å². The summed E-state index contributed by atoms with van der Waals surface area (Å²) >= 11 is 3.31. The van der Waals surface area contributed by atoms with Crippen molar-refractivity contribution < 1.29 is 18.3 Å². The Morgan fingerprint density at radius 2 is 2.22 bits per heavy atom. The zero-order chi connectivity index (χ0) is 19.2. The van der Waals surface area contributed by atoms with E-state index in [0.717, 1.165) is 23.3 Å². The van der Waals surface area contributed by atoms with Crippen LogP contribution in [0.2, 0.25) is 0 Å². The first-order valence-corrected chi connectivity index (χ1v) is 9.49. The molecule has 1 N–H and O–H groups in total. The molecule has 144 valence electrons. The zero-order valence-electron chi connectivity index (χ0n) is 14.6. The molecule has 8 heteroatoms. The Balaban J connectivity index is 1.51. The summed E-state index contributed by atoms with van der Waals surface area (Å²) in [6.07, 6.45) is 3.12. The number of benzene rings is 1. The Kier molecular flexibility index (Phi) is 6.60. The van der Waals surface area contributed by atoms with E-state index in [9.17, 15) is 13.6 Å². The molecule has 1 aromatic heterocycles. The van der Waals surface area contributed by atoms with Gasteiger partial charge in [0.15, 0.2) is 0 Å². The Hall–Kier alpha value is -2.22. The summed E-state index contributed by atoms with van der Waals surface area (Å²) in [5, 5.41) is 3.01. The number of ether oxygens (including phenoxy) is 1. The largest absolute Gasteiger partial charge is 0.435 e. The number of alkyl halides is 2. The molecule has 3 rings (SSSR count). The molecule has 0 bridgehead atoms. The number of rotatable bonds is 7. The lowest BCUT2D eigenvalue weighted by molar-refractivity contribution is -0.121. The van der Waals surface area contributed by atoms with Crippen LogP contribution in [0.4, 0.5) is 14.6 Å². The van der Waals surface area contributed by atoms with Gasteiger partial charge in [0.2, 0.25) is 5.91 Å². The molecular weight excluding hydrogens is 420 g/mol. The summed E-state index contributed by atoms with van der Waals surface area (Å²) in [5.41, 5.74) is 0.571. The highest BCUT2D eigenvalue weighted by molar-refractivity contribution is 9.10. The van der Waals surface area contributed by atoms with Crippen LogP contribution in [0.3, 0.4) is 0 Å². The first-order chi connectivity index (χ1) is 13.0. The van der Waals surface area contributed by atoms with Crippen LogP contribution in [0, 0.1) is 0 Å². The number of carbonyl (C=O) groups excluding carboxylic acids is 1. The predicted octanol–water partition coefficient (Wildman–Crippen LogP) is 3.77. The molecule has 0 radical (unpaired) electrons. The maximum atomic E-state index is 12.5. The second kappa shape index (κ2) is 9.12. The molecular formula is C19H20BrF2N3O2. The summed E-state index contributed by atoms with van der Waals surface area (Å²) in [6.45, 7) is -1.35. The van der Waals surface area contributed by atoms with Gasteiger partial charge in [-0.2, -0.15) is 8.78 Å². The van der Waals surface area contributed by atoms with Crippen molar-refractivity contribution in [3.05, 3.63) is 52.6 Å². The van der Waals surface area contributed by atoms with Crippen molar-refractivity contribution in [1.82, 2.24) is 10.3 Å². The molecule has 2 heterocycles. The van der Waals surface area contributed by atoms with Crippen molar-refractivity contribution in [2.75, 3.05) is 18.0 Å². The molecule has 1 atom stereocenters. The first kappa shape index (κ1) is 19.5. The fourth-order valence-corrected chi connectivity index (χ4v) is 3.54. The van der Waals surface area contributed by atoms with Crippen LogP contribution >= 0.6 is 15.9 Å². The van der Waals surface area contributed by atoms with E-state index in [1.54, 1.807) is 18.3 Å². The van der Waals surface area contributed by atoms with E-state index in [1.165, 1.54) is 6.07 Å². The minimum absolute atomic E-state index is 0.0544. The van der Waals surface area contributed by atoms with Crippen LogP contribution < -0.4 is 15.0 Å². The minimum Gasteiger partial charge on any atom is -0.435 e. The molecule has 0 saturated carbocycles. The van der Waals surface area contributed by atoms with E-state index in [4.69, 9.17) is 0 Å². The van der Waals surface area contributed by atoms with Crippen molar-refractivity contribution in [2.24, 2.45) is 0 Å². The van der Waals surface area contributed by atoms with E-state index in [0.29, 0.717) is 18.5 Å². The molecule has 0 spiro atoms. The third-order valence-electron chi connectivity index (χ3n) is 4.39. The smallest absolute Gasteiger partial charge is 0.387 e. The molecule has 0 aliphatic carbocycles. The van der Waals surface area contributed by atoms with Gasteiger partial charge in [0.1, 0.15) is 11.6 Å². The first-order valence-electron chi connectivity index (χ1n) is 8.70. The van der Waals surface area contributed by atoms with Crippen LogP contribution in [-0.4, -0.2) is 36.6 Å². The number of hydrogen-bond donors (Lipinski definition) is 1. The Morgan fingerprint density at radius 3 is 2.96 bits per heavy atom. The summed E-state index contributed by atoms with van der Waals surface area (Å²) < 4.78 is 30.3. The number of nitrogens with zero attached hydrogens (tertiary/aromatic N) is 2. The molecule has 1 aliphatic heterocycles. The maximum absolute atomic E-state index is 12.5. The fourth-order valence-electron chi connectivity index (χ4n) is 3.13. The van der Waals surface area contributed by atoms with Crippen molar-refractivity contribution in [2.45, 2.75) is 31.9 Å². The van der Waals surface area contributed by atoms with Gasteiger partial charge in [-0.15, -0.1) is 0 Å². The van der Waals surface area contributed by atoms with Crippen molar-refractivity contribution in [3.63, 3.8) is 0 Å². The van der Waals surface area contributed by atoms with Crippen molar-refractivity contribution >= 4 is 27.7 Å². The second-order valence-electron chi connectivity index (χ2n) is 6.32. The number of aromatic nitrogens is 1. The molecule has 2 aromatic rings. The molecule has 5 nitrogen and oxygen atoms in total. The van der Waals surface area contributed by atoms with Gasteiger partial charge < -0.3 is 15.0 Å². The highest BCUT2D eigenvalue weighted by Gasteiger charge is 2.24. The average Bonchev–Trinajstić information content (AvgIpc) is 3.11. The normalized spacial score (nSPS) is 16.6. The van der Waals surface area contributed by atoms with Crippen LogP contribution in [0.5, 0.6) is 5.75 Å². The highest BCUT2D eigenvalue weighted by Crippen LogP contribution is 2.26. The number of anilines is 1. The van der Waals surface area contributed by atoms with Gasteiger partial charge in [-0.1, -0.05) is 22.0 Å². The monoisotopic (exact) mass is 439 g/mol. The van der Waals surface area contributed by atoms with Gasteiger partial charge in [-0.05, 0) is 48.7 Å². The lowest BCUT2D eigenvalue weighted by Crippen LogP contribution is -2.37. The zero-order valence-corrected chi connectivity index (χ0v) is 16.2. The SMILES string of the molecule is O=C(CCc1cc(Br)ccc1OC(F)F)N[C@@H]1CCN(c2ccccn2)C1. The summed E-state index contributed by atoms with van der Waals surface area (Å²) in [6, 6.07) is 10.6. The van der Waals surface area contributed by atoms with Gasteiger partial charge in [0.05, 0.1) is 0 Å². The molecule has 1 aromatic carbocycles. The van der Waals surface area contributed by atoms with Crippen molar-refractivity contribution in [1.29, 1.82) is 0 Å². The lowest BCUT2D eigenvalue weighted by Gasteiger charge is -2.18. The van der Waals surface area contributed by atoms with Gasteiger partial charge in [0.25, 0.3) is 0 Å². The number of hydrogen-bond acceptors (Lipinski definition) is 4. The maximum Gasteiger partial charge on any atom is 0.387 e. The van der Waals surface area contributed by atoms with Gasteiger partial charge in [0, 0.05) is 36.2 Å². The topological polar surface area (TPSA) is 54.5 Å². The lowest BCUT2D eigenvalue weighted by atomic mass is 10.1. The summed E-state index contributed by atoms with van der Waals surface area (Å²) in [4.78, 5) is 18.7. The quantitative estimate of drug-likeness (QED) is 0.713. The van der Waals surface area contributed by atoms with Crippen LogP contribution in [0.15, 0.2) is 47.1 Å². The number of halogens is 3. The van der Waals surface area contributed by atoms with E-state index < -0.39 is 6.61 Å². The second-order valence-corrected chi connectivity index (χ2v) is 7.23. The third-order valence-corrected chi connectivity index (χ3v) is 4.88. The molecule has 1 amide bonds. The fraction of sp³-hybridized carbons (Fsp3) is 0.368.